The molecule has 4 heterocycles. The molecule has 0 aliphatic carbocycles. The Morgan fingerprint density at radius 3 is 2.83 bits per heavy atom. The summed E-state index contributed by atoms with van der Waals surface area (Å²) in [5.74, 6) is 2.37. The number of fused-ring (bicyclic) bond motifs is 1. The van der Waals surface area contributed by atoms with Gasteiger partial charge in [0, 0.05) is 36.5 Å². The van der Waals surface area contributed by atoms with Crippen LogP contribution in [0.4, 0.5) is 0 Å². The van der Waals surface area contributed by atoms with E-state index in [9.17, 15) is 0 Å². The van der Waals surface area contributed by atoms with Gasteiger partial charge in [-0.05, 0) is 40.2 Å². The molecule has 128 valence electrons. The van der Waals surface area contributed by atoms with E-state index in [1.54, 1.807) is 6.26 Å². The van der Waals surface area contributed by atoms with Crippen molar-refractivity contribution in [3.8, 4) is 0 Å². The van der Waals surface area contributed by atoms with Crippen LogP contribution in [0, 0.1) is 27.7 Å². The van der Waals surface area contributed by atoms with Crippen molar-refractivity contribution in [3.63, 3.8) is 0 Å². The molecule has 0 bridgehead atoms. The zero-order valence-electron chi connectivity index (χ0n) is 14.8. The van der Waals surface area contributed by atoms with Crippen molar-refractivity contribution in [1.29, 1.82) is 0 Å². The molecular formula is C18H24N4OS. The molecule has 3 aromatic heterocycles. The van der Waals surface area contributed by atoms with Crippen LogP contribution in [0.2, 0.25) is 0 Å². The van der Waals surface area contributed by atoms with Crippen LogP contribution in [-0.4, -0.2) is 32.4 Å². The molecule has 0 radical (unpaired) electrons. The molecule has 0 spiro atoms. The normalized spacial score (nSPS) is 19.4. The molecule has 0 amide bonds. The van der Waals surface area contributed by atoms with Crippen LogP contribution >= 0.6 is 11.3 Å². The number of oxazole rings is 1. The minimum atomic E-state index is 0.507. The molecular weight excluding hydrogens is 320 g/mol. The van der Waals surface area contributed by atoms with Crippen molar-refractivity contribution in [2.75, 3.05) is 13.1 Å². The highest BCUT2D eigenvalue weighted by Gasteiger charge is 2.27. The minimum absolute atomic E-state index is 0.507. The van der Waals surface area contributed by atoms with Crippen molar-refractivity contribution in [1.82, 2.24) is 19.3 Å². The van der Waals surface area contributed by atoms with Crippen molar-refractivity contribution in [2.45, 2.75) is 53.0 Å². The van der Waals surface area contributed by atoms with E-state index in [0.717, 1.165) is 37.0 Å². The van der Waals surface area contributed by atoms with Crippen molar-refractivity contribution in [2.24, 2.45) is 0 Å². The molecule has 1 aliphatic rings. The summed E-state index contributed by atoms with van der Waals surface area (Å²) < 4.78 is 7.67. The fourth-order valence-electron chi connectivity index (χ4n) is 3.80. The lowest BCUT2D eigenvalue weighted by Gasteiger charge is -2.31. The first-order valence-corrected chi connectivity index (χ1v) is 9.43. The van der Waals surface area contributed by atoms with Crippen LogP contribution in [0.15, 0.2) is 10.7 Å². The number of aryl methyl sites for hydroxylation is 4. The predicted octanol–water partition coefficient (Wildman–Crippen LogP) is 4.00. The Bertz CT molecular complexity index is 875. The molecule has 6 heteroatoms. The SMILES string of the molecule is Cc1nc(CN2CCC[C@@H](c3nc(C)n4c(C)c(C)sc34)C2)co1. The van der Waals surface area contributed by atoms with Crippen LogP contribution < -0.4 is 0 Å². The van der Waals surface area contributed by atoms with Crippen LogP contribution in [0.5, 0.6) is 0 Å². The number of thiazole rings is 1. The summed E-state index contributed by atoms with van der Waals surface area (Å²) in [5.41, 5.74) is 3.65. The lowest BCUT2D eigenvalue weighted by molar-refractivity contribution is 0.197. The maximum Gasteiger partial charge on any atom is 0.191 e. The summed E-state index contributed by atoms with van der Waals surface area (Å²) in [6, 6.07) is 0. The molecule has 1 atom stereocenters. The summed E-state index contributed by atoms with van der Waals surface area (Å²) in [6.45, 7) is 11.5. The monoisotopic (exact) mass is 344 g/mol. The molecule has 0 saturated carbocycles. The zero-order chi connectivity index (χ0) is 16.8. The maximum absolute atomic E-state index is 5.34. The van der Waals surface area contributed by atoms with Gasteiger partial charge in [0.15, 0.2) is 5.89 Å². The standard InChI is InChI=1S/C18H24N4OS/c1-11-12(2)24-18-17(19-13(3)22(11)18)15-6-5-7-21(8-15)9-16-10-23-14(4)20-16/h10,15H,5-9H2,1-4H3/t15-/m1/s1. The average molecular weight is 344 g/mol. The van der Waals surface area contributed by atoms with Gasteiger partial charge in [0.1, 0.15) is 16.9 Å². The third-order valence-corrected chi connectivity index (χ3v) is 6.25. The molecule has 4 rings (SSSR count). The van der Waals surface area contributed by atoms with Gasteiger partial charge in [-0.2, -0.15) is 0 Å². The second-order valence-electron chi connectivity index (χ2n) is 6.86. The first-order valence-electron chi connectivity index (χ1n) is 8.61. The molecule has 0 aromatic carbocycles. The Morgan fingerprint density at radius 2 is 2.08 bits per heavy atom. The Kier molecular flexibility index (Phi) is 3.96. The number of likely N-dealkylation sites (tertiary alicyclic amines) is 1. The van der Waals surface area contributed by atoms with Crippen LogP contribution in [-0.2, 0) is 6.54 Å². The Morgan fingerprint density at radius 1 is 1.25 bits per heavy atom. The highest BCUT2D eigenvalue weighted by Crippen LogP contribution is 2.35. The summed E-state index contributed by atoms with van der Waals surface area (Å²) in [5, 5.41) is 0. The number of aromatic nitrogens is 3. The van der Waals surface area contributed by atoms with E-state index in [0.29, 0.717) is 5.92 Å². The van der Waals surface area contributed by atoms with Crippen LogP contribution in [0.25, 0.3) is 4.83 Å². The quantitative estimate of drug-likeness (QED) is 0.720. The van der Waals surface area contributed by atoms with Crippen LogP contribution in [0.1, 0.15) is 52.4 Å². The highest BCUT2D eigenvalue weighted by molar-refractivity contribution is 7.17. The van der Waals surface area contributed by atoms with Gasteiger partial charge in [-0.15, -0.1) is 11.3 Å². The van der Waals surface area contributed by atoms with Gasteiger partial charge in [0.05, 0.1) is 11.4 Å². The molecule has 0 N–H and O–H groups in total. The van der Waals surface area contributed by atoms with Gasteiger partial charge in [-0.1, -0.05) is 0 Å². The smallest absolute Gasteiger partial charge is 0.191 e. The largest absolute Gasteiger partial charge is 0.449 e. The van der Waals surface area contributed by atoms with E-state index >= 15 is 0 Å². The van der Waals surface area contributed by atoms with Gasteiger partial charge in [-0.3, -0.25) is 9.30 Å². The third-order valence-electron chi connectivity index (χ3n) is 5.07. The Hall–Kier alpha value is -1.66. The summed E-state index contributed by atoms with van der Waals surface area (Å²) in [7, 11) is 0. The van der Waals surface area contributed by atoms with E-state index < -0.39 is 0 Å². The van der Waals surface area contributed by atoms with Gasteiger partial charge >= 0.3 is 0 Å². The summed E-state index contributed by atoms with van der Waals surface area (Å²) in [4.78, 5) is 14.6. The number of piperidine rings is 1. The summed E-state index contributed by atoms with van der Waals surface area (Å²) >= 11 is 1.88. The average Bonchev–Trinajstić information content (AvgIpc) is 3.18. The molecule has 3 aromatic rings. The Labute approximate surface area is 146 Å². The number of rotatable bonds is 3. The lowest BCUT2D eigenvalue weighted by Crippen LogP contribution is -2.34. The molecule has 5 nitrogen and oxygen atoms in total. The molecule has 0 unspecified atom stereocenters. The van der Waals surface area contributed by atoms with Gasteiger partial charge in [0.2, 0.25) is 0 Å². The van der Waals surface area contributed by atoms with Crippen molar-refractivity contribution < 1.29 is 4.42 Å². The van der Waals surface area contributed by atoms with Crippen molar-refractivity contribution >= 4 is 16.2 Å². The van der Waals surface area contributed by atoms with Gasteiger partial charge in [-0.25, -0.2) is 9.97 Å². The first kappa shape index (κ1) is 15.8. The molecule has 1 saturated heterocycles. The van der Waals surface area contributed by atoms with E-state index in [2.05, 4.69) is 35.1 Å². The number of imidazole rings is 1. The fourth-order valence-corrected chi connectivity index (χ4v) is 5.01. The Balaban J connectivity index is 1.59. The minimum Gasteiger partial charge on any atom is -0.449 e. The number of hydrogen-bond acceptors (Lipinski definition) is 5. The topological polar surface area (TPSA) is 46.6 Å². The highest BCUT2D eigenvalue weighted by atomic mass is 32.1. The van der Waals surface area contributed by atoms with E-state index in [1.165, 1.54) is 33.9 Å². The molecule has 1 aliphatic heterocycles. The van der Waals surface area contributed by atoms with E-state index in [-0.39, 0.29) is 0 Å². The van der Waals surface area contributed by atoms with Gasteiger partial charge in [0.25, 0.3) is 0 Å². The first-order chi connectivity index (χ1) is 11.5. The van der Waals surface area contributed by atoms with E-state index in [1.807, 2.05) is 18.3 Å². The summed E-state index contributed by atoms with van der Waals surface area (Å²) in [6.07, 6.45) is 4.21. The lowest BCUT2D eigenvalue weighted by atomic mass is 9.95. The second kappa shape index (κ2) is 6.01. The fraction of sp³-hybridized carbons (Fsp3) is 0.556. The second-order valence-corrected chi connectivity index (χ2v) is 8.06. The van der Waals surface area contributed by atoms with Crippen LogP contribution in [0.3, 0.4) is 0 Å². The predicted molar refractivity (Wildman–Crippen MR) is 95.8 cm³/mol. The van der Waals surface area contributed by atoms with Gasteiger partial charge < -0.3 is 4.42 Å². The number of nitrogens with zero attached hydrogens (tertiary/aromatic N) is 4. The molecule has 1 fully saturated rings. The van der Waals surface area contributed by atoms with Crippen molar-refractivity contribution in [3.05, 3.63) is 39.9 Å². The van der Waals surface area contributed by atoms with E-state index in [4.69, 9.17) is 9.40 Å². The number of hydrogen-bond donors (Lipinski definition) is 0. The molecule has 24 heavy (non-hydrogen) atoms. The zero-order valence-corrected chi connectivity index (χ0v) is 15.6. The third kappa shape index (κ3) is 2.67. The maximum atomic E-state index is 5.34.